The molecule has 0 aromatic heterocycles. The van der Waals surface area contributed by atoms with Crippen molar-refractivity contribution < 1.29 is 23.4 Å². The van der Waals surface area contributed by atoms with Gasteiger partial charge in [0.2, 0.25) is 0 Å². The van der Waals surface area contributed by atoms with Gasteiger partial charge in [-0.05, 0) is 41.8 Å². The number of aliphatic hydroxyl groups is 1. The molecular weight excluding hydrogens is 328 g/mol. The summed E-state index contributed by atoms with van der Waals surface area (Å²) in [6.45, 7) is 0.126. The van der Waals surface area contributed by atoms with Crippen molar-refractivity contribution >= 4 is 5.91 Å². The van der Waals surface area contributed by atoms with Crippen LogP contribution in [0.25, 0.3) is 11.1 Å². The van der Waals surface area contributed by atoms with E-state index in [1.54, 1.807) is 25.3 Å². The van der Waals surface area contributed by atoms with E-state index in [0.29, 0.717) is 24.1 Å². The summed E-state index contributed by atoms with van der Waals surface area (Å²) in [5.74, 6) is -1.49. The Morgan fingerprint density at radius 2 is 1.88 bits per heavy atom. The lowest BCUT2D eigenvalue weighted by Gasteiger charge is -2.23. The van der Waals surface area contributed by atoms with Crippen LogP contribution >= 0.6 is 0 Å². The van der Waals surface area contributed by atoms with Crippen molar-refractivity contribution in [3.63, 3.8) is 0 Å². The molecule has 1 fully saturated rings. The SMILES string of the molecule is CO[C@H]1C[C@@H](CO)N(C(=O)c2ccc(-c3ccc(F)cc3)cc2F)C1. The number of halogens is 2. The standard InChI is InChI=1S/C19H19F2NO3/c1-25-16-9-15(11-23)22(10-16)19(24)17-7-4-13(8-18(17)21)12-2-5-14(20)6-3-12/h2-8,15-16,23H,9-11H2,1H3/t15-,16-/m0/s1. The number of ether oxygens (including phenoxy) is 1. The molecular formula is C19H19F2NO3. The molecule has 25 heavy (non-hydrogen) atoms. The molecule has 0 radical (unpaired) electrons. The van der Waals surface area contributed by atoms with Crippen molar-refractivity contribution in [1.82, 2.24) is 4.90 Å². The summed E-state index contributed by atoms with van der Waals surface area (Å²) in [4.78, 5) is 14.1. The summed E-state index contributed by atoms with van der Waals surface area (Å²) >= 11 is 0. The fourth-order valence-electron chi connectivity index (χ4n) is 3.13. The lowest BCUT2D eigenvalue weighted by atomic mass is 10.0. The third-order valence-corrected chi connectivity index (χ3v) is 4.56. The molecule has 1 aliphatic heterocycles. The Bertz CT molecular complexity index is 764. The number of rotatable bonds is 4. The number of amides is 1. The van der Waals surface area contributed by atoms with Crippen LogP contribution in [0, 0.1) is 11.6 Å². The molecule has 4 nitrogen and oxygen atoms in total. The van der Waals surface area contributed by atoms with Gasteiger partial charge in [-0.2, -0.15) is 0 Å². The van der Waals surface area contributed by atoms with Crippen molar-refractivity contribution in [2.45, 2.75) is 18.6 Å². The number of hydrogen-bond acceptors (Lipinski definition) is 3. The quantitative estimate of drug-likeness (QED) is 0.925. The molecule has 3 rings (SSSR count). The molecule has 1 amide bonds. The molecule has 0 unspecified atom stereocenters. The highest BCUT2D eigenvalue weighted by atomic mass is 19.1. The van der Waals surface area contributed by atoms with Crippen LogP contribution in [-0.2, 0) is 4.74 Å². The van der Waals surface area contributed by atoms with Gasteiger partial charge in [0.1, 0.15) is 11.6 Å². The normalized spacial score (nSPS) is 20.1. The van der Waals surface area contributed by atoms with Gasteiger partial charge in [0.15, 0.2) is 0 Å². The Kier molecular flexibility index (Phi) is 5.11. The number of nitrogens with zero attached hydrogens (tertiary/aromatic N) is 1. The van der Waals surface area contributed by atoms with Crippen molar-refractivity contribution in [2.24, 2.45) is 0 Å². The highest BCUT2D eigenvalue weighted by Gasteiger charge is 2.36. The molecule has 0 spiro atoms. The number of likely N-dealkylation sites (tertiary alicyclic amines) is 1. The zero-order valence-corrected chi connectivity index (χ0v) is 13.8. The van der Waals surface area contributed by atoms with E-state index in [0.717, 1.165) is 0 Å². The molecule has 2 aromatic rings. The lowest BCUT2D eigenvalue weighted by molar-refractivity contribution is 0.0643. The minimum Gasteiger partial charge on any atom is -0.394 e. The Morgan fingerprint density at radius 3 is 2.48 bits per heavy atom. The van der Waals surface area contributed by atoms with Gasteiger partial charge in [-0.15, -0.1) is 0 Å². The maximum atomic E-state index is 14.5. The lowest BCUT2D eigenvalue weighted by Crippen LogP contribution is -2.38. The monoisotopic (exact) mass is 347 g/mol. The van der Waals surface area contributed by atoms with Gasteiger partial charge in [0.25, 0.3) is 5.91 Å². The van der Waals surface area contributed by atoms with Crippen LogP contribution in [0.4, 0.5) is 8.78 Å². The zero-order valence-electron chi connectivity index (χ0n) is 13.8. The maximum absolute atomic E-state index is 14.5. The molecule has 2 aromatic carbocycles. The molecule has 6 heteroatoms. The largest absolute Gasteiger partial charge is 0.394 e. The van der Waals surface area contributed by atoms with E-state index in [4.69, 9.17) is 4.74 Å². The number of carbonyl (C=O) groups excluding carboxylic acids is 1. The number of hydrogen-bond donors (Lipinski definition) is 1. The number of methoxy groups -OCH3 is 1. The minimum atomic E-state index is -0.649. The third kappa shape index (κ3) is 3.55. The predicted molar refractivity (Wildman–Crippen MR) is 89.1 cm³/mol. The van der Waals surface area contributed by atoms with Gasteiger partial charge >= 0.3 is 0 Å². The first-order chi connectivity index (χ1) is 12.0. The van der Waals surface area contributed by atoms with Crippen LogP contribution in [0.2, 0.25) is 0 Å². The van der Waals surface area contributed by atoms with Gasteiger partial charge in [-0.25, -0.2) is 8.78 Å². The summed E-state index contributed by atoms with van der Waals surface area (Å²) in [7, 11) is 1.55. The van der Waals surface area contributed by atoms with Crippen molar-refractivity contribution in [3.05, 3.63) is 59.7 Å². The second-order valence-electron chi connectivity index (χ2n) is 6.09. The predicted octanol–water partition coefficient (Wildman–Crippen LogP) is 2.85. The van der Waals surface area contributed by atoms with Crippen LogP contribution in [0.5, 0.6) is 0 Å². The Morgan fingerprint density at radius 1 is 1.20 bits per heavy atom. The average Bonchev–Trinajstić information content (AvgIpc) is 3.05. The van der Waals surface area contributed by atoms with E-state index < -0.39 is 11.7 Å². The number of carbonyl (C=O) groups is 1. The van der Waals surface area contributed by atoms with Crippen molar-refractivity contribution in [2.75, 3.05) is 20.3 Å². The summed E-state index contributed by atoms with van der Waals surface area (Å²) < 4.78 is 32.8. The van der Waals surface area contributed by atoms with E-state index >= 15 is 0 Å². The van der Waals surface area contributed by atoms with Gasteiger partial charge in [0, 0.05) is 13.7 Å². The first kappa shape index (κ1) is 17.5. The first-order valence-electron chi connectivity index (χ1n) is 8.03. The molecule has 132 valence electrons. The maximum Gasteiger partial charge on any atom is 0.257 e. The van der Waals surface area contributed by atoms with Gasteiger partial charge in [-0.1, -0.05) is 18.2 Å². The fraction of sp³-hybridized carbons (Fsp3) is 0.316. The van der Waals surface area contributed by atoms with E-state index in [1.165, 1.54) is 29.2 Å². The van der Waals surface area contributed by atoms with Gasteiger partial charge in [-0.3, -0.25) is 4.79 Å². The summed E-state index contributed by atoms with van der Waals surface area (Å²) in [5, 5.41) is 9.46. The Hall–Kier alpha value is -2.31. The molecule has 1 heterocycles. The fourth-order valence-corrected chi connectivity index (χ4v) is 3.13. The van der Waals surface area contributed by atoms with Gasteiger partial charge in [0.05, 0.1) is 24.3 Å². The van der Waals surface area contributed by atoms with Gasteiger partial charge < -0.3 is 14.7 Å². The van der Waals surface area contributed by atoms with Crippen LogP contribution in [0.3, 0.4) is 0 Å². The van der Waals surface area contributed by atoms with Crippen LogP contribution in [0.1, 0.15) is 16.8 Å². The number of aliphatic hydroxyl groups excluding tert-OH is 1. The van der Waals surface area contributed by atoms with E-state index in [1.807, 2.05) is 0 Å². The minimum absolute atomic E-state index is 0.0546. The van der Waals surface area contributed by atoms with Crippen LogP contribution in [0.15, 0.2) is 42.5 Å². The van der Waals surface area contributed by atoms with Crippen LogP contribution in [-0.4, -0.2) is 48.3 Å². The van der Waals surface area contributed by atoms with Crippen molar-refractivity contribution in [3.8, 4) is 11.1 Å². The zero-order chi connectivity index (χ0) is 18.0. The molecule has 2 atom stereocenters. The van der Waals surface area contributed by atoms with E-state index in [2.05, 4.69) is 0 Å². The molecule has 1 aliphatic rings. The topological polar surface area (TPSA) is 49.8 Å². The summed E-state index contributed by atoms with van der Waals surface area (Å²) in [6.07, 6.45) is 0.358. The molecule has 1 saturated heterocycles. The highest BCUT2D eigenvalue weighted by Crippen LogP contribution is 2.26. The summed E-state index contributed by atoms with van der Waals surface area (Å²) in [5.41, 5.74) is 1.16. The first-order valence-corrected chi connectivity index (χ1v) is 8.03. The molecule has 0 bridgehead atoms. The Balaban J connectivity index is 1.85. The van der Waals surface area contributed by atoms with E-state index in [9.17, 15) is 18.7 Å². The summed E-state index contributed by atoms with van der Waals surface area (Å²) in [6, 6.07) is 9.63. The van der Waals surface area contributed by atoms with Crippen molar-refractivity contribution in [1.29, 1.82) is 0 Å². The average molecular weight is 347 g/mol. The van der Waals surface area contributed by atoms with E-state index in [-0.39, 0.29) is 30.1 Å². The Labute approximate surface area is 144 Å². The molecule has 0 aliphatic carbocycles. The second kappa shape index (κ2) is 7.29. The smallest absolute Gasteiger partial charge is 0.257 e. The number of benzene rings is 2. The second-order valence-corrected chi connectivity index (χ2v) is 6.09. The molecule has 1 N–H and O–H groups in total. The highest BCUT2D eigenvalue weighted by molar-refractivity contribution is 5.95. The van der Waals surface area contributed by atoms with Crippen LogP contribution < -0.4 is 0 Å². The third-order valence-electron chi connectivity index (χ3n) is 4.56. The molecule has 0 saturated carbocycles.